The number of aryl methyl sites for hydroxylation is 1. The zero-order valence-corrected chi connectivity index (χ0v) is 7.44. The third-order valence-corrected chi connectivity index (χ3v) is 2.52. The van der Waals surface area contributed by atoms with Crippen molar-refractivity contribution < 1.29 is 9.90 Å². The summed E-state index contributed by atoms with van der Waals surface area (Å²) in [5.74, 6) is 0.0184. The van der Waals surface area contributed by atoms with Crippen molar-refractivity contribution in [3.63, 3.8) is 0 Å². The molecule has 0 bridgehead atoms. The summed E-state index contributed by atoms with van der Waals surface area (Å²) in [5.41, 5.74) is 0.403. The molecular formula is C10H13NO2. The van der Waals surface area contributed by atoms with Crippen LogP contribution in [-0.2, 0) is 6.54 Å². The predicted octanol–water partition coefficient (Wildman–Crippen LogP) is 1.99. The fourth-order valence-corrected chi connectivity index (χ4v) is 1.53. The number of carbonyl (C=O) groups is 1. The molecule has 0 spiro atoms. The minimum Gasteiger partial charge on any atom is -0.477 e. The molecule has 0 amide bonds. The average Bonchev–Trinajstić information content (AvgIpc) is 2.79. The summed E-state index contributed by atoms with van der Waals surface area (Å²) in [6.07, 6.45) is 5.61. The van der Waals surface area contributed by atoms with Crippen LogP contribution in [0.2, 0.25) is 0 Å². The normalized spacial score (nSPS) is 16.0. The smallest absolute Gasteiger partial charge is 0.352 e. The molecule has 1 aliphatic carbocycles. The van der Waals surface area contributed by atoms with Gasteiger partial charge < -0.3 is 9.67 Å². The maximum absolute atomic E-state index is 10.7. The van der Waals surface area contributed by atoms with Crippen molar-refractivity contribution in [2.45, 2.75) is 25.8 Å². The van der Waals surface area contributed by atoms with Gasteiger partial charge in [-0.25, -0.2) is 4.79 Å². The van der Waals surface area contributed by atoms with Gasteiger partial charge in [-0.15, -0.1) is 0 Å². The molecular weight excluding hydrogens is 166 g/mol. The van der Waals surface area contributed by atoms with E-state index in [0.29, 0.717) is 5.69 Å². The zero-order chi connectivity index (χ0) is 9.26. The lowest BCUT2D eigenvalue weighted by Gasteiger charge is -2.04. The van der Waals surface area contributed by atoms with Gasteiger partial charge in [0.25, 0.3) is 0 Å². The molecule has 0 aliphatic heterocycles. The molecule has 0 radical (unpaired) electrons. The Morgan fingerprint density at radius 1 is 1.62 bits per heavy atom. The van der Waals surface area contributed by atoms with Gasteiger partial charge in [0, 0.05) is 12.7 Å². The van der Waals surface area contributed by atoms with Crippen molar-refractivity contribution >= 4 is 5.97 Å². The number of aromatic carboxylic acids is 1. The SMILES string of the molecule is O=C(O)c1cccn1CCC1CC1. The summed E-state index contributed by atoms with van der Waals surface area (Å²) < 4.78 is 1.82. The first-order valence-corrected chi connectivity index (χ1v) is 4.66. The van der Waals surface area contributed by atoms with Crippen molar-refractivity contribution in [3.8, 4) is 0 Å². The molecule has 1 aromatic rings. The molecule has 13 heavy (non-hydrogen) atoms. The highest BCUT2D eigenvalue weighted by Crippen LogP contribution is 2.32. The van der Waals surface area contributed by atoms with Gasteiger partial charge in [-0.1, -0.05) is 12.8 Å². The van der Waals surface area contributed by atoms with E-state index in [1.165, 1.54) is 12.8 Å². The molecule has 1 aromatic heterocycles. The van der Waals surface area contributed by atoms with Crippen LogP contribution < -0.4 is 0 Å². The Morgan fingerprint density at radius 3 is 3.00 bits per heavy atom. The number of nitrogens with zero attached hydrogens (tertiary/aromatic N) is 1. The van der Waals surface area contributed by atoms with Crippen LogP contribution in [0.15, 0.2) is 18.3 Å². The van der Waals surface area contributed by atoms with E-state index in [4.69, 9.17) is 5.11 Å². The van der Waals surface area contributed by atoms with Crippen molar-refractivity contribution in [2.75, 3.05) is 0 Å². The molecule has 1 aliphatic rings. The van der Waals surface area contributed by atoms with Crippen LogP contribution in [0.4, 0.5) is 0 Å². The molecule has 1 fully saturated rings. The first-order valence-electron chi connectivity index (χ1n) is 4.66. The maximum atomic E-state index is 10.7. The summed E-state index contributed by atoms with van der Waals surface area (Å²) in [6, 6.07) is 3.44. The van der Waals surface area contributed by atoms with Gasteiger partial charge in [0.2, 0.25) is 0 Å². The third kappa shape index (κ3) is 1.91. The van der Waals surface area contributed by atoms with Crippen LogP contribution in [-0.4, -0.2) is 15.6 Å². The largest absolute Gasteiger partial charge is 0.477 e. The maximum Gasteiger partial charge on any atom is 0.352 e. The lowest BCUT2D eigenvalue weighted by Crippen LogP contribution is -2.07. The number of hydrogen-bond acceptors (Lipinski definition) is 1. The summed E-state index contributed by atoms with van der Waals surface area (Å²) in [6.45, 7) is 0.847. The van der Waals surface area contributed by atoms with Crippen LogP contribution in [0.3, 0.4) is 0 Å². The first-order chi connectivity index (χ1) is 6.27. The first kappa shape index (κ1) is 8.35. The monoisotopic (exact) mass is 179 g/mol. The minimum absolute atomic E-state index is 0.403. The van der Waals surface area contributed by atoms with Crippen molar-refractivity contribution in [3.05, 3.63) is 24.0 Å². The fourth-order valence-electron chi connectivity index (χ4n) is 1.53. The van der Waals surface area contributed by atoms with Gasteiger partial charge in [0.05, 0.1) is 0 Å². The lowest BCUT2D eigenvalue weighted by atomic mass is 10.3. The van der Waals surface area contributed by atoms with Crippen LogP contribution in [0.5, 0.6) is 0 Å². The molecule has 70 valence electrons. The molecule has 3 heteroatoms. The molecule has 2 rings (SSSR count). The van der Waals surface area contributed by atoms with E-state index in [2.05, 4.69) is 0 Å². The Labute approximate surface area is 77.0 Å². The number of hydrogen-bond donors (Lipinski definition) is 1. The molecule has 1 saturated carbocycles. The fraction of sp³-hybridized carbons (Fsp3) is 0.500. The summed E-state index contributed by atoms with van der Waals surface area (Å²) >= 11 is 0. The Balaban J connectivity index is 2.00. The molecule has 0 aromatic carbocycles. The lowest BCUT2D eigenvalue weighted by molar-refractivity contribution is 0.0685. The molecule has 0 atom stereocenters. The topological polar surface area (TPSA) is 42.2 Å². The highest BCUT2D eigenvalue weighted by molar-refractivity contribution is 5.85. The number of carboxylic acids is 1. The van der Waals surface area contributed by atoms with Crippen molar-refractivity contribution in [1.82, 2.24) is 4.57 Å². The summed E-state index contributed by atoms with van der Waals surface area (Å²) in [5, 5.41) is 8.81. The highest BCUT2D eigenvalue weighted by atomic mass is 16.4. The second-order valence-corrected chi connectivity index (χ2v) is 3.62. The molecule has 1 heterocycles. The molecule has 3 nitrogen and oxygen atoms in total. The van der Waals surface area contributed by atoms with E-state index in [0.717, 1.165) is 18.9 Å². The summed E-state index contributed by atoms with van der Waals surface area (Å²) in [4.78, 5) is 10.7. The van der Waals surface area contributed by atoms with E-state index in [-0.39, 0.29) is 0 Å². The Bertz CT molecular complexity index is 312. The average molecular weight is 179 g/mol. The van der Waals surface area contributed by atoms with Crippen LogP contribution >= 0.6 is 0 Å². The highest BCUT2D eigenvalue weighted by Gasteiger charge is 2.21. The standard InChI is InChI=1S/C10H13NO2/c12-10(13)9-2-1-6-11(9)7-5-8-3-4-8/h1-2,6,8H,3-5,7H2,(H,12,13). The Kier molecular flexibility index (Phi) is 2.08. The van der Waals surface area contributed by atoms with Gasteiger partial charge in [-0.2, -0.15) is 0 Å². The van der Waals surface area contributed by atoms with E-state index in [9.17, 15) is 4.79 Å². The molecule has 0 unspecified atom stereocenters. The second-order valence-electron chi connectivity index (χ2n) is 3.62. The van der Waals surface area contributed by atoms with Gasteiger partial charge in [0.1, 0.15) is 5.69 Å². The molecule has 1 N–H and O–H groups in total. The Hall–Kier alpha value is -1.25. The van der Waals surface area contributed by atoms with Crippen LogP contribution in [0, 0.1) is 5.92 Å². The van der Waals surface area contributed by atoms with Crippen LogP contribution in [0.1, 0.15) is 29.8 Å². The number of rotatable bonds is 4. The van der Waals surface area contributed by atoms with Crippen LogP contribution in [0.25, 0.3) is 0 Å². The van der Waals surface area contributed by atoms with E-state index in [1.54, 1.807) is 12.1 Å². The van der Waals surface area contributed by atoms with Gasteiger partial charge in [-0.05, 0) is 24.5 Å². The van der Waals surface area contributed by atoms with E-state index >= 15 is 0 Å². The van der Waals surface area contributed by atoms with Gasteiger partial charge >= 0.3 is 5.97 Å². The number of aromatic nitrogens is 1. The number of carboxylic acid groups (broad SMARTS) is 1. The predicted molar refractivity (Wildman–Crippen MR) is 48.7 cm³/mol. The minimum atomic E-state index is -0.833. The van der Waals surface area contributed by atoms with E-state index < -0.39 is 5.97 Å². The molecule has 0 saturated heterocycles. The van der Waals surface area contributed by atoms with E-state index in [1.807, 2.05) is 10.8 Å². The third-order valence-electron chi connectivity index (χ3n) is 2.52. The Morgan fingerprint density at radius 2 is 2.38 bits per heavy atom. The van der Waals surface area contributed by atoms with Gasteiger partial charge in [-0.3, -0.25) is 0 Å². The van der Waals surface area contributed by atoms with Crippen molar-refractivity contribution in [2.24, 2.45) is 5.92 Å². The quantitative estimate of drug-likeness (QED) is 0.768. The second kappa shape index (κ2) is 3.24. The van der Waals surface area contributed by atoms with Crippen molar-refractivity contribution in [1.29, 1.82) is 0 Å². The zero-order valence-electron chi connectivity index (χ0n) is 7.44. The summed E-state index contributed by atoms with van der Waals surface area (Å²) in [7, 11) is 0. The van der Waals surface area contributed by atoms with Gasteiger partial charge in [0.15, 0.2) is 0 Å².